The number of morpholine rings is 1. The van der Waals surface area contributed by atoms with Crippen molar-refractivity contribution in [1.82, 2.24) is 9.62 Å². The number of benzene rings is 2. The van der Waals surface area contributed by atoms with E-state index in [0.717, 1.165) is 17.2 Å². The first-order chi connectivity index (χ1) is 16.7. The predicted octanol–water partition coefficient (Wildman–Crippen LogP) is 2.77. The molecule has 1 atom stereocenters. The number of thioether (sulfide) groups is 1. The molecule has 12 heteroatoms. The third-order valence-electron chi connectivity index (χ3n) is 5.62. The Morgan fingerprint density at radius 2 is 1.89 bits per heavy atom. The standard InChI is InChI=1S/C23H30N4O6S2/c1-17-3-5-18(6-4-17)16-24-23(28)21(9-14-34-2)25-20-8-7-19(15-22(20)27(29)30)35(31,32)26-10-12-33-13-11-26/h3-8,15,21,25H,9-14,16H2,1-2H3,(H,24,28)/t21-/m0/s1. The smallest absolute Gasteiger partial charge is 0.293 e. The Balaban J connectivity index is 1.79. The van der Waals surface area contributed by atoms with Crippen molar-refractivity contribution in [2.75, 3.05) is 43.6 Å². The Morgan fingerprint density at radius 1 is 1.20 bits per heavy atom. The molecule has 2 aromatic rings. The first-order valence-electron chi connectivity index (χ1n) is 11.2. The van der Waals surface area contributed by atoms with Crippen LogP contribution >= 0.6 is 11.8 Å². The van der Waals surface area contributed by atoms with Crippen LogP contribution in [0.5, 0.6) is 0 Å². The third-order valence-corrected chi connectivity index (χ3v) is 8.16. The molecule has 10 nitrogen and oxygen atoms in total. The summed E-state index contributed by atoms with van der Waals surface area (Å²) in [5, 5.41) is 17.7. The minimum Gasteiger partial charge on any atom is -0.379 e. The van der Waals surface area contributed by atoms with Crippen LogP contribution in [-0.4, -0.2) is 67.9 Å². The van der Waals surface area contributed by atoms with Crippen LogP contribution in [0.2, 0.25) is 0 Å². The number of hydrogen-bond donors (Lipinski definition) is 2. The SMILES string of the molecule is CSCC[C@H](Nc1ccc(S(=O)(=O)N2CCOCC2)cc1[N+](=O)[O-])C(=O)NCc1ccc(C)cc1. The molecule has 0 radical (unpaired) electrons. The fourth-order valence-electron chi connectivity index (χ4n) is 3.59. The molecule has 1 heterocycles. The molecular formula is C23H30N4O6S2. The normalized spacial score (nSPS) is 15.4. The zero-order valence-corrected chi connectivity index (χ0v) is 21.4. The van der Waals surface area contributed by atoms with E-state index >= 15 is 0 Å². The average Bonchev–Trinajstić information content (AvgIpc) is 2.86. The number of nitro groups is 1. The quantitative estimate of drug-likeness (QED) is 0.340. The maximum absolute atomic E-state index is 12.9. The van der Waals surface area contributed by atoms with Gasteiger partial charge in [-0.15, -0.1) is 0 Å². The van der Waals surface area contributed by atoms with Crippen molar-refractivity contribution in [2.45, 2.75) is 30.8 Å². The lowest BCUT2D eigenvalue weighted by Crippen LogP contribution is -2.40. The highest BCUT2D eigenvalue weighted by Gasteiger charge is 2.30. The molecule has 0 saturated carbocycles. The van der Waals surface area contributed by atoms with E-state index in [2.05, 4.69) is 10.6 Å². The second kappa shape index (κ2) is 12.3. The molecule has 0 unspecified atom stereocenters. The number of rotatable bonds is 11. The number of ether oxygens (including phenoxy) is 1. The number of sulfonamides is 1. The second-order valence-electron chi connectivity index (χ2n) is 8.13. The first-order valence-corrected chi connectivity index (χ1v) is 14.0. The van der Waals surface area contributed by atoms with Crippen LogP contribution in [0.1, 0.15) is 17.5 Å². The monoisotopic (exact) mass is 522 g/mol. The lowest BCUT2D eigenvalue weighted by Gasteiger charge is -2.26. The van der Waals surface area contributed by atoms with Gasteiger partial charge in [-0.05, 0) is 43.0 Å². The molecule has 0 bridgehead atoms. The van der Waals surface area contributed by atoms with E-state index in [0.29, 0.717) is 18.7 Å². The Bertz CT molecular complexity index is 1140. The number of amides is 1. The molecule has 1 aliphatic rings. The van der Waals surface area contributed by atoms with Gasteiger partial charge >= 0.3 is 0 Å². The summed E-state index contributed by atoms with van der Waals surface area (Å²) < 4.78 is 32.3. The molecule has 1 saturated heterocycles. The Labute approximate surface area is 209 Å². The van der Waals surface area contributed by atoms with Gasteiger partial charge in [-0.2, -0.15) is 16.1 Å². The van der Waals surface area contributed by atoms with E-state index in [9.17, 15) is 23.3 Å². The molecule has 2 aromatic carbocycles. The van der Waals surface area contributed by atoms with Gasteiger partial charge in [0, 0.05) is 25.7 Å². The molecule has 2 N–H and O–H groups in total. The topological polar surface area (TPSA) is 131 Å². The highest BCUT2D eigenvalue weighted by atomic mass is 32.2. The number of aryl methyl sites for hydroxylation is 1. The fourth-order valence-corrected chi connectivity index (χ4v) is 5.49. The summed E-state index contributed by atoms with van der Waals surface area (Å²) in [4.78, 5) is 23.9. The van der Waals surface area contributed by atoms with Crippen molar-refractivity contribution in [2.24, 2.45) is 0 Å². The molecule has 1 aliphatic heterocycles. The van der Waals surface area contributed by atoms with E-state index in [1.54, 1.807) is 11.8 Å². The van der Waals surface area contributed by atoms with E-state index < -0.39 is 26.7 Å². The molecule has 0 aliphatic carbocycles. The summed E-state index contributed by atoms with van der Waals surface area (Å²) in [6, 6.07) is 10.8. The van der Waals surface area contributed by atoms with Crippen molar-refractivity contribution in [3.8, 4) is 0 Å². The number of nitro benzene ring substituents is 1. The Hall–Kier alpha value is -2.67. The summed E-state index contributed by atoms with van der Waals surface area (Å²) in [5.41, 5.74) is 1.74. The van der Waals surface area contributed by atoms with E-state index in [1.807, 2.05) is 37.4 Å². The largest absolute Gasteiger partial charge is 0.379 e. The van der Waals surface area contributed by atoms with Crippen LogP contribution in [0.15, 0.2) is 47.4 Å². The summed E-state index contributed by atoms with van der Waals surface area (Å²) in [6.45, 7) is 3.23. The van der Waals surface area contributed by atoms with Gasteiger partial charge in [0.25, 0.3) is 5.69 Å². The maximum Gasteiger partial charge on any atom is 0.293 e. The van der Waals surface area contributed by atoms with Crippen LogP contribution < -0.4 is 10.6 Å². The van der Waals surface area contributed by atoms with Crippen molar-refractivity contribution < 1.29 is 22.9 Å². The second-order valence-corrected chi connectivity index (χ2v) is 11.1. The van der Waals surface area contributed by atoms with Gasteiger partial charge in [0.1, 0.15) is 11.7 Å². The van der Waals surface area contributed by atoms with Gasteiger partial charge in [0.05, 0.1) is 23.0 Å². The predicted molar refractivity (Wildman–Crippen MR) is 136 cm³/mol. The minimum absolute atomic E-state index is 0.0903. The lowest BCUT2D eigenvalue weighted by molar-refractivity contribution is -0.384. The maximum atomic E-state index is 12.9. The van der Waals surface area contributed by atoms with E-state index in [1.165, 1.54) is 16.4 Å². The van der Waals surface area contributed by atoms with Gasteiger partial charge < -0.3 is 15.4 Å². The number of carbonyl (C=O) groups excluding carboxylic acids is 1. The molecule has 190 valence electrons. The minimum atomic E-state index is -3.90. The van der Waals surface area contributed by atoms with Crippen molar-refractivity contribution in [3.63, 3.8) is 0 Å². The van der Waals surface area contributed by atoms with Crippen LogP contribution in [0.3, 0.4) is 0 Å². The molecule has 0 spiro atoms. The summed E-state index contributed by atoms with van der Waals surface area (Å²) >= 11 is 1.56. The number of nitrogens with zero attached hydrogens (tertiary/aromatic N) is 2. The average molecular weight is 523 g/mol. The van der Waals surface area contributed by atoms with Gasteiger partial charge in [-0.3, -0.25) is 14.9 Å². The summed E-state index contributed by atoms with van der Waals surface area (Å²) in [6.07, 6.45) is 2.35. The molecule has 1 amide bonds. The van der Waals surface area contributed by atoms with Crippen LogP contribution in [0.4, 0.5) is 11.4 Å². The molecular weight excluding hydrogens is 492 g/mol. The Kier molecular flexibility index (Phi) is 9.49. The van der Waals surface area contributed by atoms with Crippen molar-refractivity contribution in [1.29, 1.82) is 0 Å². The van der Waals surface area contributed by atoms with Gasteiger partial charge in [-0.25, -0.2) is 8.42 Å². The lowest BCUT2D eigenvalue weighted by atomic mass is 10.1. The highest BCUT2D eigenvalue weighted by molar-refractivity contribution is 7.98. The van der Waals surface area contributed by atoms with E-state index in [4.69, 9.17) is 4.74 Å². The summed E-state index contributed by atoms with van der Waals surface area (Å²) in [5.74, 6) is 0.367. The van der Waals surface area contributed by atoms with Gasteiger partial charge in [-0.1, -0.05) is 29.8 Å². The zero-order valence-electron chi connectivity index (χ0n) is 19.7. The van der Waals surface area contributed by atoms with Crippen LogP contribution in [0, 0.1) is 17.0 Å². The molecule has 3 rings (SSSR count). The van der Waals surface area contributed by atoms with Crippen LogP contribution in [-0.2, 0) is 26.1 Å². The summed E-state index contributed by atoms with van der Waals surface area (Å²) in [7, 11) is -3.90. The van der Waals surface area contributed by atoms with Crippen LogP contribution in [0.25, 0.3) is 0 Å². The number of carbonyl (C=O) groups is 1. The highest BCUT2D eigenvalue weighted by Crippen LogP contribution is 2.30. The number of hydrogen-bond acceptors (Lipinski definition) is 8. The number of nitrogens with one attached hydrogen (secondary N) is 2. The fraction of sp³-hybridized carbons (Fsp3) is 0.435. The molecule has 0 aromatic heterocycles. The van der Waals surface area contributed by atoms with E-state index in [-0.39, 0.29) is 42.8 Å². The van der Waals surface area contributed by atoms with Crippen molar-refractivity contribution >= 4 is 39.1 Å². The van der Waals surface area contributed by atoms with Crippen molar-refractivity contribution in [3.05, 3.63) is 63.7 Å². The van der Waals surface area contributed by atoms with Gasteiger partial charge in [0.2, 0.25) is 15.9 Å². The molecule has 35 heavy (non-hydrogen) atoms. The zero-order chi connectivity index (χ0) is 25.4. The van der Waals surface area contributed by atoms with Gasteiger partial charge in [0.15, 0.2) is 0 Å². The number of anilines is 1. The molecule has 1 fully saturated rings. The first kappa shape index (κ1) is 26.9. The third kappa shape index (κ3) is 7.17. The Morgan fingerprint density at radius 3 is 2.51 bits per heavy atom.